The third kappa shape index (κ3) is 3.24. The summed E-state index contributed by atoms with van der Waals surface area (Å²) in [5.74, 6) is 0. The highest BCUT2D eigenvalue weighted by molar-refractivity contribution is 5.49. The van der Waals surface area contributed by atoms with Crippen LogP contribution >= 0.6 is 0 Å². The number of hydrogen-bond acceptors (Lipinski definition) is 1. The zero-order chi connectivity index (χ0) is 9.52. The molecule has 1 nitrogen and oxygen atoms in total. The molecule has 1 aromatic carbocycles. The van der Waals surface area contributed by atoms with Crippen LogP contribution in [0.2, 0.25) is 0 Å². The van der Waals surface area contributed by atoms with E-state index in [1.807, 2.05) is 18.2 Å². The van der Waals surface area contributed by atoms with Gasteiger partial charge in [-0.25, -0.2) is 0 Å². The normalized spacial score (nSPS) is 9.54. The Morgan fingerprint density at radius 1 is 1.23 bits per heavy atom. The summed E-state index contributed by atoms with van der Waals surface area (Å²) in [5.41, 5.74) is 2.42. The molecule has 0 N–H and O–H groups in total. The maximum absolute atomic E-state index is 10.1. The van der Waals surface area contributed by atoms with Gasteiger partial charge in [0.25, 0.3) is 0 Å². The van der Waals surface area contributed by atoms with Gasteiger partial charge in [-0.1, -0.05) is 36.9 Å². The van der Waals surface area contributed by atoms with E-state index in [0.717, 1.165) is 24.7 Å². The lowest BCUT2D eigenvalue weighted by atomic mass is 10.1. The highest BCUT2D eigenvalue weighted by Gasteiger charge is 1.92. The highest BCUT2D eigenvalue weighted by atomic mass is 16.1. The SMILES string of the molecule is C=Cc1ccc(CCCC=O)cc1. The van der Waals surface area contributed by atoms with Gasteiger partial charge in [-0.2, -0.15) is 0 Å². The summed E-state index contributed by atoms with van der Waals surface area (Å²) in [7, 11) is 0. The van der Waals surface area contributed by atoms with Crippen molar-refractivity contribution in [1.29, 1.82) is 0 Å². The number of aryl methyl sites for hydroxylation is 1. The standard InChI is InChI=1S/C12H14O/c1-2-11-6-8-12(9-7-11)5-3-4-10-13/h2,6-10H,1,3-5H2. The number of carbonyl (C=O) groups is 1. The van der Waals surface area contributed by atoms with Crippen LogP contribution < -0.4 is 0 Å². The van der Waals surface area contributed by atoms with E-state index in [4.69, 9.17) is 0 Å². The fourth-order valence-corrected chi connectivity index (χ4v) is 1.21. The summed E-state index contributed by atoms with van der Waals surface area (Å²) in [6.45, 7) is 3.69. The zero-order valence-electron chi connectivity index (χ0n) is 7.70. The second kappa shape index (κ2) is 5.31. The number of unbranched alkanes of at least 4 members (excludes halogenated alkanes) is 1. The molecule has 0 saturated heterocycles. The summed E-state index contributed by atoms with van der Waals surface area (Å²) in [6.07, 6.45) is 5.38. The molecule has 1 aromatic rings. The van der Waals surface area contributed by atoms with Crippen LogP contribution in [0.5, 0.6) is 0 Å². The Bertz CT molecular complexity index is 272. The van der Waals surface area contributed by atoms with Crippen LogP contribution in [0.1, 0.15) is 24.0 Å². The van der Waals surface area contributed by atoms with E-state index in [1.165, 1.54) is 5.56 Å². The lowest BCUT2D eigenvalue weighted by molar-refractivity contribution is -0.107. The number of benzene rings is 1. The number of rotatable bonds is 5. The molecule has 0 unspecified atom stereocenters. The molecule has 1 heteroatoms. The van der Waals surface area contributed by atoms with E-state index < -0.39 is 0 Å². The summed E-state index contributed by atoms with van der Waals surface area (Å²) in [4.78, 5) is 10.1. The van der Waals surface area contributed by atoms with Crippen LogP contribution in [0.15, 0.2) is 30.8 Å². The number of hydrogen-bond donors (Lipinski definition) is 0. The predicted molar refractivity (Wildman–Crippen MR) is 55.5 cm³/mol. The topological polar surface area (TPSA) is 17.1 Å². The van der Waals surface area contributed by atoms with Crippen molar-refractivity contribution < 1.29 is 4.79 Å². The first-order chi connectivity index (χ1) is 6.36. The fourth-order valence-electron chi connectivity index (χ4n) is 1.21. The van der Waals surface area contributed by atoms with Gasteiger partial charge in [0, 0.05) is 6.42 Å². The van der Waals surface area contributed by atoms with Gasteiger partial charge in [0.2, 0.25) is 0 Å². The molecule has 0 aliphatic heterocycles. The molecule has 0 aromatic heterocycles. The lowest BCUT2D eigenvalue weighted by Crippen LogP contribution is -1.85. The van der Waals surface area contributed by atoms with E-state index in [9.17, 15) is 4.79 Å². The largest absolute Gasteiger partial charge is 0.303 e. The smallest absolute Gasteiger partial charge is 0.120 e. The van der Waals surface area contributed by atoms with Crippen molar-refractivity contribution in [1.82, 2.24) is 0 Å². The van der Waals surface area contributed by atoms with Crippen molar-refractivity contribution >= 4 is 12.4 Å². The Hall–Kier alpha value is -1.37. The highest BCUT2D eigenvalue weighted by Crippen LogP contribution is 2.07. The molecular weight excluding hydrogens is 160 g/mol. The van der Waals surface area contributed by atoms with Crippen molar-refractivity contribution in [3.8, 4) is 0 Å². The van der Waals surface area contributed by atoms with Crippen LogP contribution in [-0.2, 0) is 11.2 Å². The minimum Gasteiger partial charge on any atom is -0.303 e. The molecule has 0 radical (unpaired) electrons. The van der Waals surface area contributed by atoms with E-state index in [0.29, 0.717) is 6.42 Å². The average molecular weight is 174 g/mol. The van der Waals surface area contributed by atoms with Crippen LogP contribution in [0.3, 0.4) is 0 Å². The van der Waals surface area contributed by atoms with E-state index in [2.05, 4.69) is 18.7 Å². The predicted octanol–water partition coefficient (Wildman–Crippen LogP) is 2.85. The van der Waals surface area contributed by atoms with E-state index in [-0.39, 0.29) is 0 Å². The van der Waals surface area contributed by atoms with Gasteiger partial charge in [0.15, 0.2) is 0 Å². The van der Waals surface area contributed by atoms with Gasteiger partial charge in [0.1, 0.15) is 6.29 Å². The van der Waals surface area contributed by atoms with Crippen molar-refractivity contribution in [2.45, 2.75) is 19.3 Å². The van der Waals surface area contributed by atoms with Gasteiger partial charge in [-0.05, 0) is 24.0 Å². The summed E-state index contributed by atoms with van der Waals surface area (Å²) in [5, 5.41) is 0. The van der Waals surface area contributed by atoms with Gasteiger partial charge in [-0.15, -0.1) is 0 Å². The van der Waals surface area contributed by atoms with Crippen LogP contribution in [-0.4, -0.2) is 6.29 Å². The Labute approximate surface area is 79.1 Å². The second-order valence-electron chi connectivity index (χ2n) is 3.00. The van der Waals surface area contributed by atoms with Crippen molar-refractivity contribution in [3.05, 3.63) is 42.0 Å². The summed E-state index contributed by atoms with van der Waals surface area (Å²) in [6, 6.07) is 8.26. The van der Waals surface area contributed by atoms with Gasteiger partial charge < -0.3 is 4.79 Å². The fraction of sp³-hybridized carbons (Fsp3) is 0.250. The number of aldehydes is 1. The minimum atomic E-state index is 0.656. The van der Waals surface area contributed by atoms with Crippen molar-refractivity contribution in [2.24, 2.45) is 0 Å². The third-order valence-corrected chi connectivity index (χ3v) is 2.00. The first-order valence-corrected chi connectivity index (χ1v) is 4.52. The molecule has 1 rings (SSSR count). The van der Waals surface area contributed by atoms with E-state index in [1.54, 1.807) is 0 Å². The molecule has 0 spiro atoms. The molecule has 0 amide bonds. The van der Waals surface area contributed by atoms with Gasteiger partial charge in [-0.3, -0.25) is 0 Å². The Morgan fingerprint density at radius 3 is 2.46 bits per heavy atom. The molecule has 0 fully saturated rings. The third-order valence-electron chi connectivity index (χ3n) is 2.00. The Kier molecular flexibility index (Phi) is 3.97. The average Bonchev–Trinajstić information content (AvgIpc) is 2.19. The quantitative estimate of drug-likeness (QED) is 0.495. The monoisotopic (exact) mass is 174 g/mol. The van der Waals surface area contributed by atoms with Gasteiger partial charge in [0.05, 0.1) is 0 Å². The van der Waals surface area contributed by atoms with E-state index >= 15 is 0 Å². The summed E-state index contributed by atoms with van der Waals surface area (Å²) < 4.78 is 0. The first-order valence-electron chi connectivity index (χ1n) is 4.52. The maximum Gasteiger partial charge on any atom is 0.120 e. The van der Waals surface area contributed by atoms with Crippen molar-refractivity contribution in [2.75, 3.05) is 0 Å². The molecule has 0 heterocycles. The Morgan fingerprint density at radius 2 is 1.92 bits per heavy atom. The second-order valence-corrected chi connectivity index (χ2v) is 3.00. The molecule has 0 saturated carbocycles. The Balaban J connectivity index is 2.48. The summed E-state index contributed by atoms with van der Waals surface area (Å²) >= 11 is 0. The molecule has 0 aliphatic carbocycles. The molecule has 13 heavy (non-hydrogen) atoms. The van der Waals surface area contributed by atoms with Gasteiger partial charge >= 0.3 is 0 Å². The first kappa shape index (κ1) is 9.72. The van der Waals surface area contributed by atoms with Crippen molar-refractivity contribution in [3.63, 3.8) is 0 Å². The van der Waals surface area contributed by atoms with Crippen LogP contribution in [0.4, 0.5) is 0 Å². The van der Waals surface area contributed by atoms with Crippen LogP contribution in [0, 0.1) is 0 Å². The molecule has 0 aliphatic rings. The lowest BCUT2D eigenvalue weighted by Gasteiger charge is -1.99. The maximum atomic E-state index is 10.1. The zero-order valence-corrected chi connectivity index (χ0v) is 7.70. The number of carbonyl (C=O) groups excluding carboxylic acids is 1. The minimum absolute atomic E-state index is 0.656. The molecule has 0 bridgehead atoms. The molecule has 0 atom stereocenters. The van der Waals surface area contributed by atoms with Crippen LogP contribution in [0.25, 0.3) is 6.08 Å². The molecule has 68 valence electrons. The molecular formula is C12H14O.